The Morgan fingerprint density at radius 1 is 1.00 bits per heavy atom. The molecule has 5 heteroatoms. The van der Waals surface area contributed by atoms with Gasteiger partial charge in [-0.1, -0.05) is 42.2 Å². The Morgan fingerprint density at radius 3 is 2.50 bits per heavy atom. The molecule has 0 aliphatic carbocycles. The van der Waals surface area contributed by atoms with E-state index in [1.165, 1.54) is 0 Å². The van der Waals surface area contributed by atoms with Crippen molar-refractivity contribution in [1.29, 1.82) is 0 Å². The van der Waals surface area contributed by atoms with Gasteiger partial charge in [-0.2, -0.15) is 0 Å². The zero-order valence-corrected chi connectivity index (χ0v) is 14.5. The molecule has 2 aromatic rings. The normalized spacial score (nSPS) is 12.0. The smallest absolute Gasteiger partial charge is 0.227 e. The number of rotatable bonds is 5. The van der Waals surface area contributed by atoms with Crippen LogP contribution in [0, 0.1) is 11.8 Å². The molecule has 26 heavy (non-hydrogen) atoms. The van der Waals surface area contributed by atoms with E-state index in [2.05, 4.69) is 17.2 Å². The average molecular weight is 347 g/mol. The number of para-hydroxylation sites is 1. The largest absolute Gasteiger partial charge is 0.355 e. The molecule has 0 aromatic heterocycles. The first kappa shape index (κ1) is 17.7. The molecule has 0 saturated heterocycles. The van der Waals surface area contributed by atoms with Gasteiger partial charge in [0, 0.05) is 37.1 Å². The Hall–Kier alpha value is -3.10. The van der Waals surface area contributed by atoms with Crippen molar-refractivity contribution < 1.29 is 9.59 Å². The summed E-state index contributed by atoms with van der Waals surface area (Å²) in [4.78, 5) is 26.4. The van der Waals surface area contributed by atoms with E-state index in [0.717, 1.165) is 22.4 Å². The van der Waals surface area contributed by atoms with Crippen molar-refractivity contribution in [3.63, 3.8) is 0 Å². The molecule has 0 radical (unpaired) electrons. The zero-order chi connectivity index (χ0) is 18.4. The second-order valence-corrected chi connectivity index (χ2v) is 6.04. The van der Waals surface area contributed by atoms with Crippen molar-refractivity contribution in [2.45, 2.75) is 19.4 Å². The molecule has 0 fully saturated rings. The molecule has 1 heterocycles. The van der Waals surface area contributed by atoms with E-state index in [1.807, 2.05) is 48.5 Å². The van der Waals surface area contributed by atoms with Gasteiger partial charge in [-0.3, -0.25) is 9.59 Å². The van der Waals surface area contributed by atoms with E-state index in [9.17, 15) is 9.59 Å². The van der Waals surface area contributed by atoms with E-state index in [4.69, 9.17) is 5.73 Å². The van der Waals surface area contributed by atoms with E-state index >= 15 is 0 Å². The highest BCUT2D eigenvalue weighted by molar-refractivity contribution is 5.96. The number of hydrogen-bond acceptors (Lipinski definition) is 3. The molecule has 2 aromatic carbocycles. The van der Waals surface area contributed by atoms with Crippen LogP contribution in [-0.4, -0.2) is 24.9 Å². The van der Waals surface area contributed by atoms with Gasteiger partial charge >= 0.3 is 0 Å². The molecule has 0 saturated carbocycles. The summed E-state index contributed by atoms with van der Waals surface area (Å²) in [6.45, 7) is 1.24. The van der Waals surface area contributed by atoms with Crippen LogP contribution in [0.4, 0.5) is 5.69 Å². The molecule has 3 N–H and O–H groups in total. The van der Waals surface area contributed by atoms with Crippen LogP contribution in [0.5, 0.6) is 0 Å². The highest BCUT2D eigenvalue weighted by Gasteiger charge is 2.21. The van der Waals surface area contributed by atoms with E-state index in [1.54, 1.807) is 4.90 Å². The molecule has 0 atom stereocenters. The topological polar surface area (TPSA) is 75.4 Å². The molecule has 0 bridgehead atoms. The number of anilines is 1. The SMILES string of the molecule is NCCNC(=O)CCC(=O)N1Cc2ccccc2C#Cc2ccccc21. The summed E-state index contributed by atoms with van der Waals surface area (Å²) in [5, 5.41) is 2.69. The van der Waals surface area contributed by atoms with E-state index in [0.29, 0.717) is 19.6 Å². The molecule has 0 unspecified atom stereocenters. The van der Waals surface area contributed by atoms with Crippen molar-refractivity contribution in [3.05, 3.63) is 65.2 Å². The van der Waals surface area contributed by atoms with Crippen LogP contribution in [0.2, 0.25) is 0 Å². The van der Waals surface area contributed by atoms with Gasteiger partial charge in [0.15, 0.2) is 0 Å². The summed E-state index contributed by atoms with van der Waals surface area (Å²) in [7, 11) is 0. The number of amides is 2. The summed E-state index contributed by atoms with van der Waals surface area (Å²) in [5.41, 5.74) is 8.88. The number of carbonyl (C=O) groups is 2. The van der Waals surface area contributed by atoms with Crippen molar-refractivity contribution in [3.8, 4) is 11.8 Å². The van der Waals surface area contributed by atoms with Crippen molar-refractivity contribution in [2.24, 2.45) is 5.73 Å². The molecule has 3 rings (SSSR count). The first-order chi connectivity index (χ1) is 12.7. The highest BCUT2D eigenvalue weighted by Crippen LogP contribution is 2.26. The number of benzene rings is 2. The number of carbonyl (C=O) groups excluding carboxylic acids is 2. The van der Waals surface area contributed by atoms with E-state index in [-0.39, 0.29) is 24.7 Å². The molecular weight excluding hydrogens is 326 g/mol. The lowest BCUT2D eigenvalue weighted by atomic mass is 10.0. The number of nitrogens with one attached hydrogen (secondary N) is 1. The summed E-state index contributed by atoms with van der Waals surface area (Å²) >= 11 is 0. The van der Waals surface area contributed by atoms with Crippen LogP contribution < -0.4 is 16.0 Å². The maximum atomic E-state index is 12.9. The minimum atomic E-state index is -0.163. The Morgan fingerprint density at radius 2 is 1.69 bits per heavy atom. The Bertz CT molecular complexity index is 880. The first-order valence-electron chi connectivity index (χ1n) is 8.65. The van der Waals surface area contributed by atoms with Crippen molar-refractivity contribution in [1.82, 2.24) is 5.32 Å². The third-order valence-electron chi connectivity index (χ3n) is 4.21. The maximum Gasteiger partial charge on any atom is 0.227 e. The van der Waals surface area contributed by atoms with Crippen LogP contribution in [0.3, 0.4) is 0 Å². The molecule has 1 aliphatic rings. The predicted octanol–water partition coefficient (Wildman–Crippen LogP) is 1.79. The quantitative estimate of drug-likeness (QED) is 0.810. The van der Waals surface area contributed by atoms with Gasteiger partial charge in [0.25, 0.3) is 0 Å². The number of nitrogens with two attached hydrogens (primary N) is 1. The third-order valence-corrected chi connectivity index (χ3v) is 4.21. The Balaban J connectivity index is 1.85. The third kappa shape index (κ3) is 4.11. The Kier molecular flexibility index (Phi) is 5.67. The molecular formula is C21H21N3O2. The average Bonchev–Trinajstić information content (AvgIpc) is 2.66. The predicted molar refractivity (Wildman–Crippen MR) is 101 cm³/mol. The second-order valence-electron chi connectivity index (χ2n) is 6.04. The van der Waals surface area contributed by atoms with Crippen LogP contribution in [0.25, 0.3) is 0 Å². The minimum absolute atomic E-state index is 0.0983. The van der Waals surface area contributed by atoms with Gasteiger partial charge in [-0.05, 0) is 23.8 Å². The first-order valence-corrected chi connectivity index (χ1v) is 8.65. The summed E-state index contributed by atoms with van der Waals surface area (Å²) in [5.74, 6) is 6.09. The zero-order valence-electron chi connectivity index (χ0n) is 14.5. The van der Waals surface area contributed by atoms with Gasteiger partial charge in [0.05, 0.1) is 12.2 Å². The second kappa shape index (κ2) is 8.32. The van der Waals surface area contributed by atoms with Crippen LogP contribution in [0.1, 0.15) is 29.5 Å². The molecule has 0 spiro atoms. The number of nitrogens with zero attached hydrogens (tertiary/aromatic N) is 1. The van der Waals surface area contributed by atoms with Crippen molar-refractivity contribution in [2.75, 3.05) is 18.0 Å². The lowest BCUT2D eigenvalue weighted by Crippen LogP contribution is -2.34. The lowest BCUT2D eigenvalue weighted by Gasteiger charge is -2.26. The van der Waals surface area contributed by atoms with Crippen molar-refractivity contribution >= 4 is 17.5 Å². The number of hydrogen-bond donors (Lipinski definition) is 2. The molecule has 5 nitrogen and oxygen atoms in total. The maximum absolute atomic E-state index is 12.9. The minimum Gasteiger partial charge on any atom is -0.355 e. The molecule has 1 aliphatic heterocycles. The fourth-order valence-electron chi connectivity index (χ4n) is 2.86. The summed E-state index contributed by atoms with van der Waals surface area (Å²) < 4.78 is 0. The fourth-order valence-corrected chi connectivity index (χ4v) is 2.86. The standard InChI is InChI=1S/C21H21N3O2/c22-13-14-23-20(25)11-12-21(26)24-15-18-7-2-1-5-16(18)9-10-17-6-3-4-8-19(17)24/h1-8H,11-15,22H2,(H,23,25). The lowest BCUT2D eigenvalue weighted by molar-refractivity contribution is -0.125. The summed E-state index contributed by atoms with van der Waals surface area (Å²) in [6, 6.07) is 15.4. The molecule has 2 amide bonds. The monoisotopic (exact) mass is 347 g/mol. The van der Waals surface area contributed by atoms with Gasteiger partial charge in [-0.25, -0.2) is 0 Å². The van der Waals surface area contributed by atoms with Gasteiger partial charge in [0.1, 0.15) is 0 Å². The number of fused-ring (bicyclic) bond motifs is 2. The van der Waals surface area contributed by atoms with Crippen LogP contribution in [-0.2, 0) is 16.1 Å². The Labute approximate surface area is 153 Å². The van der Waals surface area contributed by atoms with Gasteiger partial charge in [0.2, 0.25) is 11.8 Å². The molecule has 132 valence electrons. The van der Waals surface area contributed by atoms with Gasteiger partial charge in [-0.15, -0.1) is 0 Å². The van der Waals surface area contributed by atoms with Crippen LogP contribution in [0.15, 0.2) is 48.5 Å². The van der Waals surface area contributed by atoms with E-state index < -0.39 is 0 Å². The fraction of sp³-hybridized carbons (Fsp3) is 0.238. The highest BCUT2D eigenvalue weighted by atomic mass is 16.2. The van der Waals surface area contributed by atoms with Crippen LogP contribution >= 0.6 is 0 Å². The van der Waals surface area contributed by atoms with Gasteiger partial charge < -0.3 is 16.0 Å². The summed E-state index contributed by atoms with van der Waals surface area (Å²) in [6.07, 6.45) is 0.283.